The van der Waals surface area contributed by atoms with Gasteiger partial charge >= 0.3 is 0 Å². The SMILES string of the molecule is CN(C)c1cccc(-c2ccccc2)c1P(C1CCCCC1)C1CCCCC1. The van der Waals surface area contributed by atoms with E-state index in [1.54, 1.807) is 5.30 Å². The highest BCUT2D eigenvalue weighted by Crippen LogP contribution is 2.57. The Kier molecular flexibility index (Phi) is 6.73. The molecule has 2 fully saturated rings. The van der Waals surface area contributed by atoms with E-state index in [0.717, 1.165) is 11.3 Å². The van der Waals surface area contributed by atoms with E-state index in [1.165, 1.54) is 81.0 Å². The minimum atomic E-state index is -0.131. The van der Waals surface area contributed by atoms with Crippen LogP contribution in [-0.4, -0.2) is 25.4 Å². The molecule has 2 aliphatic carbocycles. The van der Waals surface area contributed by atoms with Gasteiger partial charge in [0.05, 0.1) is 0 Å². The van der Waals surface area contributed by atoms with Crippen molar-refractivity contribution < 1.29 is 0 Å². The van der Waals surface area contributed by atoms with E-state index in [2.05, 4.69) is 67.5 Å². The maximum Gasteiger partial charge on any atom is 0.0445 e. The van der Waals surface area contributed by atoms with Crippen LogP contribution in [0.4, 0.5) is 5.69 Å². The Morgan fingerprint density at radius 3 is 1.79 bits per heavy atom. The highest BCUT2D eigenvalue weighted by atomic mass is 31.1. The summed E-state index contributed by atoms with van der Waals surface area (Å²) in [4.78, 5) is 2.38. The van der Waals surface area contributed by atoms with Crippen molar-refractivity contribution in [3.05, 3.63) is 48.5 Å². The van der Waals surface area contributed by atoms with Crippen LogP contribution in [0.5, 0.6) is 0 Å². The maximum absolute atomic E-state index is 2.40. The fourth-order valence-electron chi connectivity index (χ4n) is 5.40. The van der Waals surface area contributed by atoms with Gasteiger partial charge < -0.3 is 4.90 Å². The Morgan fingerprint density at radius 1 is 0.679 bits per heavy atom. The zero-order chi connectivity index (χ0) is 19.3. The molecule has 1 nitrogen and oxygen atoms in total. The van der Waals surface area contributed by atoms with E-state index in [9.17, 15) is 0 Å². The summed E-state index contributed by atoms with van der Waals surface area (Å²) >= 11 is 0. The van der Waals surface area contributed by atoms with Crippen molar-refractivity contribution in [2.75, 3.05) is 19.0 Å². The van der Waals surface area contributed by atoms with Crippen LogP contribution in [0.3, 0.4) is 0 Å². The average Bonchev–Trinajstić information content (AvgIpc) is 2.76. The summed E-state index contributed by atoms with van der Waals surface area (Å²) in [5, 5.41) is 1.72. The van der Waals surface area contributed by atoms with Crippen molar-refractivity contribution in [2.45, 2.75) is 75.5 Å². The van der Waals surface area contributed by atoms with Crippen LogP contribution in [0.25, 0.3) is 11.1 Å². The summed E-state index contributed by atoms with van der Waals surface area (Å²) in [5.74, 6) is 0. The molecule has 0 heterocycles. The third-order valence-electron chi connectivity index (χ3n) is 6.78. The molecule has 0 aromatic heterocycles. The average molecular weight is 394 g/mol. The normalized spacial score (nSPS) is 19.1. The summed E-state index contributed by atoms with van der Waals surface area (Å²) in [5.41, 5.74) is 6.24. The fraction of sp³-hybridized carbons (Fsp3) is 0.538. The Bertz CT molecular complexity index is 724. The first-order valence-corrected chi connectivity index (χ1v) is 12.9. The van der Waals surface area contributed by atoms with Crippen LogP contribution in [0.15, 0.2) is 48.5 Å². The largest absolute Gasteiger partial charge is 0.377 e. The summed E-state index contributed by atoms with van der Waals surface area (Å²) in [6, 6.07) is 18.2. The predicted octanol–water partition coefficient (Wildman–Crippen LogP) is 7.19. The van der Waals surface area contributed by atoms with Gasteiger partial charge in [-0.05, 0) is 54.2 Å². The Balaban J connectivity index is 1.85. The Hall–Kier alpha value is -1.33. The van der Waals surface area contributed by atoms with E-state index in [1.807, 2.05) is 0 Å². The van der Waals surface area contributed by atoms with Crippen LogP contribution in [0.1, 0.15) is 64.2 Å². The summed E-state index contributed by atoms with van der Waals surface area (Å²) in [7, 11) is 4.35. The Labute approximate surface area is 173 Å². The van der Waals surface area contributed by atoms with Crippen LogP contribution in [0, 0.1) is 0 Å². The molecular formula is C26H36NP. The highest BCUT2D eigenvalue weighted by molar-refractivity contribution is 7.67. The molecule has 0 amide bonds. The molecule has 0 N–H and O–H groups in total. The molecule has 28 heavy (non-hydrogen) atoms. The molecule has 0 unspecified atom stereocenters. The molecule has 0 bridgehead atoms. The maximum atomic E-state index is 2.40. The molecule has 0 aliphatic heterocycles. The first kappa shape index (κ1) is 20.0. The summed E-state index contributed by atoms with van der Waals surface area (Å²) in [6.45, 7) is 0. The topological polar surface area (TPSA) is 3.24 Å². The van der Waals surface area contributed by atoms with Crippen LogP contribution >= 0.6 is 7.92 Å². The van der Waals surface area contributed by atoms with Crippen LogP contribution < -0.4 is 10.2 Å². The van der Waals surface area contributed by atoms with E-state index in [0.29, 0.717) is 0 Å². The van der Waals surface area contributed by atoms with Gasteiger partial charge in [-0.3, -0.25) is 0 Å². The van der Waals surface area contributed by atoms with Gasteiger partial charge in [-0.1, -0.05) is 88.9 Å². The molecule has 0 spiro atoms. The quantitative estimate of drug-likeness (QED) is 0.486. The van der Waals surface area contributed by atoms with Gasteiger partial charge in [0, 0.05) is 25.1 Å². The Morgan fingerprint density at radius 2 is 1.25 bits per heavy atom. The summed E-state index contributed by atoms with van der Waals surface area (Å²) in [6.07, 6.45) is 14.5. The highest BCUT2D eigenvalue weighted by Gasteiger charge is 2.35. The van der Waals surface area contributed by atoms with Gasteiger partial charge in [-0.25, -0.2) is 0 Å². The molecule has 0 saturated heterocycles. The van der Waals surface area contributed by atoms with Crippen molar-refractivity contribution >= 4 is 18.9 Å². The minimum absolute atomic E-state index is 0.131. The second-order valence-electron chi connectivity index (χ2n) is 8.92. The van der Waals surface area contributed by atoms with Crippen molar-refractivity contribution in [2.24, 2.45) is 0 Å². The minimum Gasteiger partial charge on any atom is -0.377 e. The molecular weight excluding hydrogens is 357 g/mol. The number of nitrogens with zero attached hydrogens (tertiary/aromatic N) is 1. The molecule has 2 aliphatic rings. The van der Waals surface area contributed by atoms with Gasteiger partial charge in [0.1, 0.15) is 0 Å². The van der Waals surface area contributed by atoms with E-state index >= 15 is 0 Å². The molecule has 4 rings (SSSR count). The van der Waals surface area contributed by atoms with Gasteiger partial charge in [-0.2, -0.15) is 0 Å². The lowest BCUT2D eigenvalue weighted by molar-refractivity contribution is 0.487. The monoisotopic (exact) mass is 393 g/mol. The molecule has 2 heteroatoms. The van der Waals surface area contributed by atoms with E-state index < -0.39 is 0 Å². The third-order valence-corrected chi connectivity index (χ3v) is 10.4. The summed E-state index contributed by atoms with van der Waals surface area (Å²) < 4.78 is 0. The second-order valence-corrected chi connectivity index (χ2v) is 11.6. The first-order valence-electron chi connectivity index (χ1n) is 11.4. The molecule has 2 saturated carbocycles. The van der Waals surface area contributed by atoms with Gasteiger partial charge in [0.15, 0.2) is 0 Å². The van der Waals surface area contributed by atoms with Gasteiger partial charge in [0.2, 0.25) is 0 Å². The third kappa shape index (κ3) is 4.30. The zero-order valence-electron chi connectivity index (χ0n) is 17.7. The number of benzene rings is 2. The van der Waals surface area contributed by atoms with Crippen LogP contribution in [0.2, 0.25) is 0 Å². The number of hydrogen-bond donors (Lipinski definition) is 0. The van der Waals surface area contributed by atoms with E-state index in [4.69, 9.17) is 0 Å². The fourth-order valence-corrected chi connectivity index (χ4v) is 9.59. The lowest BCUT2D eigenvalue weighted by atomic mass is 9.99. The molecule has 150 valence electrons. The second kappa shape index (κ2) is 9.45. The van der Waals surface area contributed by atoms with Gasteiger partial charge in [0.25, 0.3) is 0 Å². The molecule has 0 radical (unpaired) electrons. The standard InChI is InChI=1S/C26H36NP/c1-27(2)25-20-12-19-24(21-13-6-3-7-14-21)26(25)28(22-15-8-4-9-16-22)23-17-10-5-11-18-23/h3,6-7,12-14,19-20,22-23H,4-5,8-11,15-18H2,1-2H3. The molecule has 0 atom stereocenters. The van der Waals surface area contributed by atoms with Crippen molar-refractivity contribution in [3.63, 3.8) is 0 Å². The lowest BCUT2D eigenvalue weighted by Crippen LogP contribution is -2.30. The number of anilines is 1. The van der Waals surface area contributed by atoms with Crippen LogP contribution in [-0.2, 0) is 0 Å². The predicted molar refractivity (Wildman–Crippen MR) is 127 cm³/mol. The molecule has 2 aromatic carbocycles. The van der Waals surface area contributed by atoms with Crippen molar-refractivity contribution in [3.8, 4) is 11.1 Å². The van der Waals surface area contributed by atoms with Gasteiger partial charge in [-0.15, -0.1) is 0 Å². The lowest BCUT2D eigenvalue weighted by Gasteiger charge is -2.41. The molecule has 2 aromatic rings. The number of hydrogen-bond acceptors (Lipinski definition) is 1. The zero-order valence-corrected chi connectivity index (χ0v) is 18.6. The van der Waals surface area contributed by atoms with Crippen molar-refractivity contribution in [1.82, 2.24) is 0 Å². The van der Waals surface area contributed by atoms with E-state index in [-0.39, 0.29) is 7.92 Å². The van der Waals surface area contributed by atoms with Crippen molar-refractivity contribution in [1.29, 1.82) is 0 Å². The smallest absolute Gasteiger partial charge is 0.0445 e. The first-order chi connectivity index (χ1) is 13.8. The number of rotatable bonds is 5.